The summed E-state index contributed by atoms with van der Waals surface area (Å²) in [7, 11) is 1.27. The third-order valence-corrected chi connectivity index (χ3v) is 1.86. The summed E-state index contributed by atoms with van der Waals surface area (Å²) in [5, 5.41) is 0. The number of aliphatic imine (C=N–C) groups is 1. The maximum absolute atomic E-state index is 12.4. The topological polar surface area (TPSA) is 38.7 Å². The number of carbonyl (C=O) groups excluding carboxylic acids is 1. The molecule has 0 saturated heterocycles. The Bertz CT molecular complexity index is 423. The molecule has 0 bridgehead atoms. The van der Waals surface area contributed by atoms with E-state index in [1.165, 1.54) is 19.3 Å². The molecule has 0 fully saturated rings. The van der Waals surface area contributed by atoms with E-state index in [0.717, 1.165) is 12.1 Å². The predicted octanol–water partition coefficient (Wildman–Crippen LogP) is 2.55. The molecule has 0 amide bonds. The minimum absolute atomic E-state index is 0.0749. The quantitative estimate of drug-likeness (QED) is 0.592. The lowest BCUT2D eigenvalue weighted by molar-refractivity contribution is -0.137. The van der Waals surface area contributed by atoms with Gasteiger partial charge in [0.1, 0.15) is 5.75 Å². The van der Waals surface area contributed by atoms with Gasteiger partial charge < -0.3 is 4.74 Å². The zero-order chi connectivity index (χ0) is 12.2. The molecule has 1 aromatic carbocycles. The van der Waals surface area contributed by atoms with Crippen molar-refractivity contribution in [2.75, 3.05) is 7.11 Å². The zero-order valence-electron chi connectivity index (χ0n) is 8.34. The normalized spacial score (nSPS) is 10.8. The van der Waals surface area contributed by atoms with Gasteiger partial charge in [0.25, 0.3) is 0 Å². The van der Waals surface area contributed by atoms with Gasteiger partial charge in [-0.2, -0.15) is 13.2 Å². The Morgan fingerprint density at radius 1 is 1.38 bits per heavy atom. The number of ether oxygens (including phenoxy) is 1. The van der Waals surface area contributed by atoms with Gasteiger partial charge >= 0.3 is 6.18 Å². The molecular formula is C10H8F3NO2. The lowest BCUT2D eigenvalue weighted by atomic mass is 10.1. The highest BCUT2D eigenvalue weighted by Crippen LogP contribution is 2.32. The Balaban J connectivity index is 3.15. The fraction of sp³-hybridized carbons (Fsp3) is 0.300. The first-order chi connectivity index (χ1) is 7.47. The zero-order valence-corrected chi connectivity index (χ0v) is 8.34. The molecule has 0 spiro atoms. The van der Waals surface area contributed by atoms with E-state index in [9.17, 15) is 18.0 Å². The third kappa shape index (κ3) is 3.10. The summed E-state index contributed by atoms with van der Waals surface area (Å²) in [6.45, 7) is -0.149. The Kier molecular flexibility index (Phi) is 3.68. The SMILES string of the molecule is COc1cc(CN=C=O)cc(C(F)(F)F)c1. The van der Waals surface area contributed by atoms with Crippen LogP contribution in [0.5, 0.6) is 5.75 Å². The van der Waals surface area contributed by atoms with E-state index < -0.39 is 11.7 Å². The standard InChI is InChI=1S/C10H8F3NO2/c1-16-9-3-7(5-14-6-15)2-8(4-9)10(11,12)13/h2-4H,5H2,1H3. The van der Waals surface area contributed by atoms with Crippen LogP contribution in [0.1, 0.15) is 11.1 Å². The molecule has 0 aromatic heterocycles. The van der Waals surface area contributed by atoms with E-state index >= 15 is 0 Å². The van der Waals surface area contributed by atoms with E-state index in [1.807, 2.05) is 0 Å². The number of hydrogen-bond donors (Lipinski definition) is 0. The second-order valence-corrected chi connectivity index (χ2v) is 2.98. The van der Waals surface area contributed by atoms with Gasteiger partial charge in [-0.25, -0.2) is 9.79 Å². The largest absolute Gasteiger partial charge is 0.497 e. The van der Waals surface area contributed by atoms with Crippen molar-refractivity contribution in [1.82, 2.24) is 0 Å². The smallest absolute Gasteiger partial charge is 0.416 e. The number of rotatable bonds is 3. The monoisotopic (exact) mass is 231 g/mol. The summed E-state index contributed by atoms with van der Waals surface area (Å²) in [5.41, 5.74) is -0.585. The number of halogens is 3. The van der Waals surface area contributed by atoms with Crippen molar-refractivity contribution in [3.63, 3.8) is 0 Å². The molecule has 0 aliphatic rings. The maximum atomic E-state index is 12.4. The van der Waals surface area contributed by atoms with Gasteiger partial charge in [-0.1, -0.05) is 0 Å². The minimum atomic E-state index is -4.45. The van der Waals surface area contributed by atoms with Gasteiger partial charge in [0.05, 0.1) is 19.2 Å². The van der Waals surface area contributed by atoms with Crippen LogP contribution in [0.4, 0.5) is 13.2 Å². The highest BCUT2D eigenvalue weighted by atomic mass is 19.4. The second-order valence-electron chi connectivity index (χ2n) is 2.98. The van der Waals surface area contributed by atoms with E-state index in [4.69, 9.17) is 4.74 Å². The van der Waals surface area contributed by atoms with Crippen LogP contribution >= 0.6 is 0 Å². The van der Waals surface area contributed by atoms with Gasteiger partial charge in [0, 0.05) is 0 Å². The molecule has 0 atom stereocenters. The highest BCUT2D eigenvalue weighted by molar-refractivity contribution is 5.38. The lowest BCUT2D eigenvalue weighted by Gasteiger charge is -2.10. The average Bonchev–Trinajstić information content (AvgIpc) is 2.24. The van der Waals surface area contributed by atoms with Gasteiger partial charge in [-0.05, 0) is 23.8 Å². The summed E-state index contributed by atoms with van der Waals surface area (Å²) in [4.78, 5) is 13.1. The van der Waals surface area contributed by atoms with Crippen molar-refractivity contribution >= 4 is 6.08 Å². The average molecular weight is 231 g/mol. The van der Waals surface area contributed by atoms with Gasteiger partial charge in [-0.15, -0.1) is 0 Å². The molecule has 0 heterocycles. The molecule has 0 N–H and O–H groups in total. The highest BCUT2D eigenvalue weighted by Gasteiger charge is 2.31. The van der Waals surface area contributed by atoms with Crippen LogP contribution in [0.2, 0.25) is 0 Å². The summed E-state index contributed by atoms with van der Waals surface area (Å²) in [5.74, 6) is 0.0749. The summed E-state index contributed by atoms with van der Waals surface area (Å²) in [6, 6.07) is 3.19. The van der Waals surface area contributed by atoms with Crippen molar-refractivity contribution in [3.8, 4) is 5.75 Å². The van der Waals surface area contributed by atoms with E-state index in [2.05, 4.69) is 4.99 Å². The van der Waals surface area contributed by atoms with Crippen LogP contribution in [-0.4, -0.2) is 13.2 Å². The summed E-state index contributed by atoms with van der Waals surface area (Å²) < 4.78 is 42.1. The van der Waals surface area contributed by atoms with Gasteiger partial charge in [0.15, 0.2) is 0 Å². The molecular weight excluding hydrogens is 223 g/mol. The lowest BCUT2D eigenvalue weighted by Crippen LogP contribution is -2.06. The molecule has 0 aliphatic carbocycles. The number of benzene rings is 1. The predicted molar refractivity (Wildman–Crippen MR) is 49.8 cm³/mol. The van der Waals surface area contributed by atoms with E-state index in [-0.39, 0.29) is 17.9 Å². The number of alkyl halides is 3. The van der Waals surface area contributed by atoms with E-state index in [0.29, 0.717) is 0 Å². The van der Waals surface area contributed by atoms with Gasteiger partial charge in [-0.3, -0.25) is 0 Å². The van der Waals surface area contributed by atoms with Crippen molar-refractivity contribution in [3.05, 3.63) is 29.3 Å². The number of isocyanates is 1. The number of methoxy groups -OCH3 is 1. The third-order valence-electron chi connectivity index (χ3n) is 1.86. The molecule has 0 unspecified atom stereocenters. The van der Waals surface area contributed by atoms with Crippen LogP contribution < -0.4 is 4.74 Å². The first-order valence-electron chi connectivity index (χ1n) is 4.26. The fourth-order valence-electron chi connectivity index (χ4n) is 1.16. The number of nitrogens with zero attached hydrogens (tertiary/aromatic N) is 1. The molecule has 0 radical (unpaired) electrons. The van der Waals surface area contributed by atoms with Crippen molar-refractivity contribution < 1.29 is 22.7 Å². The summed E-state index contributed by atoms with van der Waals surface area (Å²) >= 11 is 0. The van der Waals surface area contributed by atoms with Crippen LogP contribution in [-0.2, 0) is 17.5 Å². The van der Waals surface area contributed by atoms with Crippen LogP contribution in [0.3, 0.4) is 0 Å². The van der Waals surface area contributed by atoms with Crippen molar-refractivity contribution in [2.24, 2.45) is 4.99 Å². The molecule has 3 nitrogen and oxygen atoms in total. The van der Waals surface area contributed by atoms with E-state index in [1.54, 1.807) is 0 Å². The Labute approximate surface area is 89.6 Å². The molecule has 86 valence electrons. The van der Waals surface area contributed by atoms with Crippen LogP contribution in [0.15, 0.2) is 23.2 Å². The molecule has 0 saturated carbocycles. The first kappa shape index (κ1) is 12.3. The second kappa shape index (κ2) is 4.81. The van der Waals surface area contributed by atoms with Crippen LogP contribution in [0, 0.1) is 0 Å². The Morgan fingerprint density at radius 3 is 2.56 bits per heavy atom. The molecule has 1 rings (SSSR count). The fourth-order valence-corrected chi connectivity index (χ4v) is 1.16. The minimum Gasteiger partial charge on any atom is -0.497 e. The van der Waals surface area contributed by atoms with Crippen LogP contribution in [0.25, 0.3) is 0 Å². The first-order valence-corrected chi connectivity index (χ1v) is 4.26. The summed E-state index contributed by atoms with van der Waals surface area (Å²) in [6.07, 6.45) is -3.19. The molecule has 0 aliphatic heterocycles. The maximum Gasteiger partial charge on any atom is 0.416 e. The Morgan fingerprint density at radius 2 is 2.06 bits per heavy atom. The number of hydrogen-bond acceptors (Lipinski definition) is 3. The van der Waals surface area contributed by atoms with Gasteiger partial charge in [0.2, 0.25) is 6.08 Å². The Hall–Kier alpha value is -1.81. The molecule has 1 aromatic rings. The molecule has 16 heavy (non-hydrogen) atoms. The molecule has 6 heteroatoms. The van der Waals surface area contributed by atoms with Crippen molar-refractivity contribution in [2.45, 2.75) is 12.7 Å². The van der Waals surface area contributed by atoms with Crippen molar-refractivity contribution in [1.29, 1.82) is 0 Å².